The Morgan fingerprint density at radius 1 is 0.974 bits per heavy atom. The minimum absolute atomic E-state index is 0.286. The van der Waals surface area contributed by atoms with Gasteiger partial charge in [-0.05, 0) is 55.5 Å². The van der Waals surface area contributed by atoms with Gasteiger partial charge in [0.2, 0.25) is 0 Å². The molecule has 0 fully saturated rings. The third-order valence-electron chi connectivity index (χ3n) is 6.51. The van der Waals surface area contributed by atoms with Crippen molar-refractivity contribution in [2.45, 2.75) is 40.5 Å². The fourth-order valence-electron chi connectivity index (χ4n) is 4.60. The maximum absolute atomic E-state index is 13.3. The summed E-state index contributed by atoms with van der Waals surface area (Å²) in [5.74, 6) is 1.55. The van der Waals surface area contributed by atoms with Gasteiger partial charge in [-0.15, -0.1) is 22.7 Å². The predicted molar refractivity (Wildman–Crippen MR) is 162 cm³/mol. The Bertz CT molecular complexity index is 1600. The van der Waals surface area contributed by atoms with Gasteiger partial charge < -0.3 is 14.8 Å². The third-order valence-corrected chi connectivity index (χ3v) is 8.42. The number of ether oxygens (including phenoxy) is 2. The lowest BCUT2D eigenvalue weighted by atomic mass is 9.99. The van der Waals surface area contributed by atoms with Crippen molar-refractivity contribution in [3.05, 3.63) is 76.2 Å². The van der Waals surface area contributed by atoms with Crippen molar-refractivity contribution < 1.29 is 14.3 Å². The number of hydrogen-bond donors (Lipinski definition) is 1. The minimum Gasteiger partial charge on any atom is -0.494 e. The Kier molecular flexibility index (Phi) is 7.95. The summed E-state index contributed by atoms with van der Waals surface area (Å²) < 4.78 is 11.1. The molecular formula is C31H31N3O3S2. The standard InChI is InChI=1S/C31H31N3O3S2/c1-6-36-23-14-12-22(13-15-23)25-19(5)39-30(27(25)31(35)37-7-2)34-28-26-24(16-38-29(26)33-17-32-28)21-10-8-20(9-11-21)18(3)4/h8-18H,6-7H2,1-5H3,(H,32,33,34). The number of esters is 1. The SMILES string of the molecule is CCOC(=O)c1c(Nc2ncnc3scc(-c4ccc(C(C)C)cc4)c23)sc(C)c1-c1ccc(OCC)cc1. The number of anilines is 2. The van der Waals surface area contributed by atoms with Gasteiger partial charge in [-0.2, -0.15) is 0 Å². The van der Waals surface area contributed by atoms with Gasteiger partial charge in [-0.3, -0.25) is 0 Å². The van der Waals surface area contributed by atoms with Crippen LogP contribution in [0.3, 0.4) is 0 Å². The average Bonchev–Trinajstić information content (AvgIpc) is 3.51. The highest BCUT2D eigenvalue weighted by molar-refractivity contribution is 7.18. The van der Waals surface area contributed by atoms with E-state index in [0.717, 1.165) is 43.1 Å². The van der Waals surface area contributed by atoms with Gasteiger partial charge in [0.05, 0.1) is 18.6 Å². The molecule has 8 heteroatoms. The molecule has 39 heavy (non-hydrogen) atoms. The average molecular weight is 558 g/mol. The summed E-state index contributed by atoms with van der Waals surface area (Å²) in [6.07, 6.45) is 1.56. The maximum Gasteiger partial charge on any atom is 0.341 e. The Morgan fingerprint density at radius 3 is 2.36 bits per heavy atom. The van der Waals surface area contributed by atoms with Crippen LogP contribution in [0.15, 0.2) is 60.2 Å². The molecule has 3 heterocycles. The number of nitrogens with zero attached hydrogens (tertiary/aromatic N) is 2. The Labute approximate surface area is 236 Å². The lowest BCUT2D eigenvalue weighted by molar-refractivity contribution is 0.0529. The molecule has 2 aromatic carbocycles. The molecule has 0 saturated heterocycles. The molecule has 0 radical (unpaired) electrons. The van der Waals surface area contributed by atoms with Crippen LogP contribution in [0.1, 0.15) is 54.4 Å². The largest absolute Gasteiger partial charge is 0.494 e. The van der Waals surface area contributed by atoms with Crippen LogP contribution in [0.25, 0.3) is 32.5 Å². The molecule has 0 spiro atoms. The summed E-state index contributed by atoms with van der Waals surface area (Å²) in [5.41, 5.74) is 5.75. The number of aryl methyl sites for hydroxylation is 1. The highest BCUT2D eigenvalue weighted by atomic mass is 32.1. The second-order valence-electron chi connectivity index (χ2n) is 9.37. The lowest BCUT2D eigenvalue weighted by Crippen LogP contribution is -2.08. The quantitative estimate of drug-likeness (QED) is 0.183. The van der Waals surface area contributed by atoms with Crippen LogP contribution < -0.4 is 10.1 Å². The van der Waals surface area contributed by atoms with Gasteiger partial charge >= 0.3 is 5.97 Å². The van der Waals surface area contributed by atoms with Crippen molar-refractivity contribution in [2.75, 3.05) is 18.5 Å². The first-order chi connectivity index (χ1) is 18.9. The normalized spacial score (nSPS) is 11.2. The molecule has 5 rings (SSSR count). The number of rotatable bonds is 9. The summed E-state index contributed by atoms with van der Waals surface area (Å²) in [4.78, 5) is 24.3. The molecule has 0 aliphatic heterocycles. The van der Waals surface area contributed by atoms with E-state index in [1.165, 1.54) is 16.9 Å². The van der Waals surface area contributed by atoms with Crippen LogP contribution >= 0.6 is 22.7 Å². The van der Waals surface area contributed by atoms with E-state index in [2.05, 4.69) is 58.8 Å². The maximum atomic E-state index is 13.3. The molecule has 0 bridgehead atoms. The van der Waals surface area contributed by atoms with Crippen molar-refractivity contribution in [3.8, 4) is 28.0 Å². The number of carbonyl (C=O) groups excluding carboxylic acids is 1. The van der Waals surface area contributed by atoms with Crippen LogP contribution in [-0.2, 0) is 4.74 Å². The van der Waals surface area contributed by atoms with E-state index >= 15 is 0 Å². The molecule has 0 atom stereocenters. The first-order valence-electron chi connectivity index (χ1n) is 13.0. The second-order valence-corrected chi connectivity index (χ2v) is 11.5. The molecule has 200 valence electrons. The first-order valence-corrected chi connectivity index (χ1v) is 14.7. The third kappa shape index (κ3) is 5.40. The van der Waals surface area contributed by atoms with Crippen LogP contribution in [0.5, 0.6) is 5.75 Å². The monoisotopic (exact) mass is 557 g/mol. The zero-order valence-electron chi connectivity index (χ0n) is 22.7. The Balaban J connectivity index is 1.60. The number of thiophene rings is 2. The summed E-state index contributed by atoms with van der Waals surface area (Å²) in [7, 11) is 0. The minimum atomic E-state index is -0.367. The number of aromatic nitrogens is 2. The van der Waals surface area contributed by atoms with E-state index in [1.54, 1.807) is 17.7 Å². The van der Waals surface area contributed by atoms with Crippen molar-refractivity contribution in [1.29, 1.82) is 0 Å². The molecule has 0 unspecified atom stereocenters. The molecule has 1 N–H and O–H groups in total. The van der Waals surface area contributed by atoms with E-state index in [9.17, 15) is 4.79 Å². The molecule has 5 aromatic rings. The van der Waals surface area contributed by atoms with E-state index in [-0.39, 0.29) is 12.6 Å². The number of carbonyl (C=O) groups is 1. The van der Waals surface area contributed by atoms with Crippen LogP contribution in [-0.4, -0.2) is 29.2 Å². The van der Waals surface area contributed by atoms with E-state index in [0.29, 0.717) is 28.9 Å². The fraction of sp³-hybridized carbons (Fsp3) is 0.258. The summed E-state index contributed by atoms with van der Waals surface area (Å²) in [5, 5.41) is 7.24. The molecule has 3 aromatic heterocycles. The van der Waals surface area contributed by atoms with Gasteiger partial charge in [-0.25, -0.2) is 14.8 Å². The van der Waals surface area contributed by atoms with Crippen LogP contribution in [0, 0.1) is 6.92 Å². The van der Waals surface area contributed by atoms with Gasteiger partial charge in [0.15, 0.2) is 0 Å². The number of nitrogens with one attached hydrogen (secondary N) is 1. The van der Waals surface area contributed by atoms with Crippen LogP contribution in [0.4, 0.5) is 10.8 Å². The number of fused-ring (bicyclic) bond motifs is 1. The zero-order chi connectivity index (χ0) is 27.5. The van der Waals surface area contributed by atoms with Gasteiger partial charge in [0, 0.05) is 21.4 Å². The van der Waals surface area contributed by atoms with Crippen molar-refractivity contribution >= 4 is 49.7 Å². The Morgan fingerprint density at radius 2 is 1.69 bits per heavy atom. The highest BCUT2D eigenvalue weighted by Gasteiger charge is 2.26. The van der Waals surface area contributed by atoms with E-state index in [4.69, 9.17) is 9.47 Å². The van der Waals surface area contributed by atoms with Crippen LogP contribution in [0.2, 0.25) is 0 Å². The summed E-state index contributed by atoms with van der Waals surface area (Å²) in [6, 6.07) is 16.5. The van der Waals surface area contributed by atoms with E-state index in [1.807, 2.05) is 45.0 Å². The predicted octanol–water partition coefficient (Wildman–Crippen LogP) is 8.84. The lowest BCUT2D eigenvalue weighted by Gasteiger charge is -2.11. The molecule has 0 amide bonds. The van der Waals surface area contributed by atoms with Crippen molar-refractivity contribution in [2.24, 2.45) is 0 Å². The molecule has 0 aliphatic carbocycles. The first kappa shape index (κ1) is 26.8. The molecular weight excluding hydrogens is 526 g/mol. The smallest absolute Gasteiger partial charge is 0.341 e. The highest BCUT2D eigenvalue weighted by Crippen LogP contribution is 2.44. The molecule has 0 saturated carbocycles. The number of hydrogen-bond acceptors (Lipinski definition) is 8. The summed E-state index contributed by atoms with van der Waals surface area (Å²) >= 11 is 3.10. The van der Waals surface area contributed by atoms with E-state index < -0.39 is 0 Å². The van der Waals surface area contributed by atoms with Gasteiger partial charge in [0.1, 0.15) is 33.3 Å². The van der Waals surface area contributed by atoms with Gasteiger partial charge in [-0.1, -0.05) is 50.2 Å². The number of benzene rings is 2. The molecule has 0 aliphatic rings. The van der Waals surface area contributed by atoms with Gasteiger partial charge in [0.25, 0.3) is 0 Å². The van der Waals surface area contributed by atoms with Crippen molar-refractivity contribution in [3.63, 3.8) is 0 Å². The van der Waals surface area contributed by atoms with Crippen molar-refractivity contribution in [1.82, 2.24) is 9.97 Å². The Hall–Kier alpha value is -3.75. The topological polar surface area (TPSA) is 73.3 Å². The second kappa shape index (κ2) is 11.6. The fourth-order valence-corrected chi connectivity index (χ4v) is 6.58. The molecule has 6 nitrogen and oxygen atoms in total. The summed E-state index contributed by atoms with van der Waals surface area (Å²) in [6.45, 7) is 11.1. The zero-order valence-corrected chi connectivity index (χ0v) is 24.3.